The van der Waals surface area contributed by atoms with E-state index in [0.717, 1.165) is 12.8 Å². The molecule has 1 saturated carbocycles. The maximum absolute atomic E-state index is 12.4. The molecule has 4 nitrogen and oxygen atoms in total. The molecule has 2 aromatic rings. The van der Waals surface area contributed by atoms with Gasteiger partial charge in [0.05, 0.1) is 4.90 Å². The van der Waals surface area contributed by atoms with Crippen molar-refractivity contribution in [1.29, 1.82) is 0 Å². The largest absolute Gasteiger partial charge is 0.295 e. The highest BCUT2D eigenvalue weighted by molar-refractivity contribution is 7.89. The third-order valence-electron chi connectivity index (χ3n) is 4.41. The Kier molecular flexibility index (Phi) is 4.08. The Morgan fingerprint density at radius 2 is 1.65 bits per heavy atom. The van der Waals surface area contributed by atoms with Crippen LogP contribution < -0.4 is 4.72 Å². The summed E-state index contributed by atoms with van der Waals surface area (Å²) in [4.78, 5) is 11.5. The third kappa shape index (κ3) is 3.35. The first kappa shape index (κ1) is 15.9. The van der Waals surface area contributed by atoms with E-state index in [4.69, 9.17) is 0 Å². The molecule has 1 fully saturated rings. The van der Waals surface area contributed by atoms with Crippen LogP contribution in [-0.4, -0.2) is 20.7 Å². The summed E-state index contributed by atoms with van der Waals surface area (Å²) in [6.45, 7) is 1.85. The molecule has 0 unspecified atom stereocenters. The number of carbonyl (C=O) groups is 1. The highest BCUT2D eigenvalue weighted by atomic mass is 32.2. The fourth-order valence-corrected chi connectivity index (χ4v) is 3.82. The van der Waals surface area contributed by atoms with Crippen LogP contribution in [0.25, 0.3) is 0 Å². The molecule has 0 bridgehead atoms. The van der Waals surface area contributed by atoms with E-state index in [1.807, 2.05) is 30.3 Å². The molecule has 23 heavy (non-hydrogen) atoms. The first-order chi connectivity index (χ1) is 10.9. The summed E-state index contributed by atoms with van der Waals surface area (Å²) in [5.74, 6) is -0.0806. The van der Waals surface area contributed by atoms with E-state index in [1.165, 1.54) is 24.6 Å². The zero-order chi connectivity index (χ0) is 16.5. The van der Waals surface area contributed by atoms with Crippen LogP contribution in [0.5, 0.6) is 0 Å². The summed E-state index contributed by atoms with van der Waals surface area (Å²) in [6.07, 6.45) is 1.98. The smallest absolute Gasteiger partial charge is 0.240 e. The van der Waals surface area contributed by atoms with Gasteiger partial charge in [0.1, 0.15) is 0 Å². The normalized spacial score (nSPS) is 16.0. The number of hydrogen-bond acceptors (Lipinski definition) is 3. The monoisotopic (exact) mass is 329 g/mol. The van der Waals surface area contributed by atoms with Crippen molar-refractivity contribution in [2.75, 3.05) is 6.54 Å². The minimum atomic E-state index is -3.57. The highest BCUT2D eigenvalue weighted by Gasteiger charge is 2.44. The van der Waals surface area contributed by atoms with Crippen molar-refractivity contribution < 1.29 is 13.2 Å². The lowest BCUT2D eigenvalue weighted by atomic mass is 9.96. The highest BCUT2D eigenvalue weighted by Crippen LogP contribution is 2.47. The number of rotatable bonds is 6. The van der Waals surface area contributed by atoms with Crippen LogP contribution >= 0.6 is 0 Å². The Morgan fingerprint density at radius 3 is 2.17 bits per heavy atom. The molecule has 2 aromatic carbocycles. The second-order valence-electron chi connectivity index (χ2n) is 6.05. The molecule has 0 aliphatic heterocycles. The van der Waals surface area contributed by atoms with Crippen LogP contribution in [0.2, 0.25) is 0 Å². The molecule has 0 saturated heterocycles. The topological polar surface area (TPSA) is 63.2 Å². The van der Waals surface area contributed by atoms with Crippen LogP contribution in [0.1, 0.15) is 35.7 Å². The summed E-state index contributed by atoms with van der Waals surface area (Å²) < 4.78 is 27.6. The molecule has 3 rings (SSSR count). The minimum Gasteiger partial charge on any atom is -0.295 e. The van der Waals surface area contributed by atoms with E-state index in [-0.39, 0.29) is 16.1 Å². The van der Waals surface area contributed by atoms with Gasteiger partial charge < -0.3 is 0 Å². The lowest BCUT2D eigenvalue weighted by molar-refractivity contribution is 0.101. The molecule has 0 aromatic heterocycles. The maximum Gasteiger partial charge on any atom is 0.240 e. The quantitative estimate of drug-likeness (QED) is 0.829. The Labute approximate surface area is 136 Å². The Morgan fingerprint density at radius 1 is 1.04 bits per heavy atom. The second kappa shape index (κ2) is 5.91. The van der Waals surface area contributed by atoms with Crippen molar-refractivity contribution in [3.8, 4) is 0 Å². The van der Waals surface area contributed by atoms with Crippen LogP contribution in [-0.2, 0) is 15.4 Å². The maximum atomic E-state index is 12.4. The molecule has 120 valence electrons. The van der Waals surface area contributed by atoms with Gasteiger partial charge in [-0.05, 0) is 37.5 Å². The van der Waals surface area contributed by atoms with Crippen molar-refractivity contribution in [3.05, 3.63) is 65.7 Å². The predicted octanol–water partition coefficient (Wildman–Crippen LogP) is 2.90. The number of nitrogens with one attached hydrogen (secondary N) is 1. The molecular formula is C18H19NO3S. The molecule has 1 N–H and O–H groups in total. The van der Waals surface area contributed by atoms with Crippen LogP contribution in [0.15, 0.2) is 59.5 Å². The van der Waals surface area contributed by atoms with Crippen molar-refractivity contribution in [2.24, 2.45) is 0 Å². The number of benzene rings is 2. The second-order valence-corrected chi connectivity index (χ2v) is 7.82. The van der Waals surface area contributed by atoms with Crippen LogP contribution in [0.4, 0.5) is 0 Å². The summed E-state index contributed by atoms with van der Waals surface area (Å²) in [7, 11) is -3.57. The number of sulfonamides is 1. The summed E-state index contributed by atoms with van der Waals surface area (Å²) >= 11 is 0. The summed E-state index contributed by atoms with van der Waals surface area (Å²) in [6, 6.07) is 16.0. The van der Waals surface area contributed by atoms with Crippen LogP contribution in [0.3, 0.4) is 0 Å². The number of hydrogen-bond donors (Lipinski definition) is 1. The van der Waals surface area contributed by atoms with Crippen molar-refractivity contribution in [1.82, 2.24) is 4.72 Å². The fourth-order valence-electron chi connectivity index (χ4n) is 2.70. The van der Waals surface area contributed by atoms with E-state index >= 15 is 0 Å². The SMILES string of the molecule is CC(=O)c1ccc(S(=O)(=O)NCC2(c3ccccc3)CC2)cc1. The van der Waals surface area contributed by atoms with E-state index in [0.29, 0.717) is 12.1 Å². The van der Waals surface area contributed by atoms with Gasteiger partial charge in [-0.1, -0.05) is 42.5 Å². The van der Waals surface area contributed by atoms with Gasteiger partial charge in [0.15, 0.2) is 5.78 Å². The average molecular weight is 329 g/mol. The van der Waals surface area contributed by atoms with E-state index in [2.05, 4.69) is 4.72 Å². The lowest BCUT2D eigenvalue weighted by Crippen LogP contribution is -2.32. The van der Waals surface area contributed by atoms with Gasteiger partial charge in [0.2, 0.25) is 10.0 Å². The molecule has 5 heteroatoms. The minimum absolute atomic E-state index is 0.0757. The van der Waals surface area contributed by atoms with Gasteiger partial charge in [0, 0.05) is 17.5 Å². The first-order valence-corrected chi connectivity index (χ1v) is 9.08. The Bertz CT molecular complexity index is 807. The Balaban J connectivity index is 1.73. The summed E-state index contributed by atoms with van der Waals surface area (Å²) in [5.41, 5.74) is 1.61. The van der Waals surface area contributed by atoms with E-state index in [1.54, 1.807) is 12.1 Å². The van der Waals surface area contributed by atoms with Gasteiger partial charge in [0.25, 0.3) is 0 Å². The Hall–Kier alpha value is -1.98. The number of ketones is 1. The zero-order valence-electron chi connectivity index (χ0n) is 13.0. The van der Waals surface area contributed by atoms with Gasteiger partial charge in [-0.3, -0.25) is 4.79 Å². The van der Waals surface area contributed by atoms with E-state index < -0.39 is 10.0 Å². The van der Waals surface area contributed by atoms with Crippen LogP contribution in [0, 0.1) is 0 Å². The van der Waals surface area contributed by atoms with Gasteiger partial charge >= 0.3 is 0 Å². The zero-order valence-corrected chi connectivity index (χ0v) is 13.8. The fraction of sp³-hybridized carbons (Fsp3) is 0.278. The van der Waals surface area contributed by atoms with E-state index in [9.17, 15) is 13.2 Å². The molecule has 1 aliphatic carbocycles. The molecule has 0 heterocycles. The standard InChI is InChI=1S/C18H19NO3S/c1-14(20)15-7-9-17(10-8-15)23(21,22)19-13-18(11-12-18)16-5-3-2-4-6-16/h2-10,19H,11-13H2,1H3. The molecule has 0 spiro atoms. The van der Waals surface area contributed by atoms with Gasteiger partial charge in [-0.2, -0.15) is 0 Å². The van der Waals surface area contributed by atoms with Crippen molar-refractivity contribution in [3.63, 3.8) is 0 Å². The number of carbonyl (C=O) groups excluding carboxylic acids is 1. The molecule has 0 radical (unpaired) electrons. The summed E-state index contributed by atoms with van der Waals surface area (Å²) in [5, 5.41) is 0. The third-order valence-corrected chi connectivity index (χ3v) is 5.83. The first-order valence-electron chi connectivity index (χ1n) is 7.59. The van der Waals surface area contributed by atoms with Gasteiger partial charge in [-0.25, -0.2) is 13.1 Å². The molecular weight excluding hydrogens is 310 g/mol. The molecule has 0 amide bonds. The molecule has 1 aliphatic rings. The number of Topliss-reactive ketones (excluding diaryl/α,β-unsaturated/α-hetero) is 1. The van der Waals surface area contributed by atoms with Crippen molar-refractivity contribution in [2.45, 2.75) is 30.1 Å². The van der Waals surface area contributed by atoms with Crippen molar-refractivity contribution >= 4 is 15.8 Å². The molecule has 0 atom stereocenters. The predicted molar refractivity (Wildman–Crippen MR) is 89.0 cm³/mol. The average Bonchev–Trinajstić information content (AvgIpc) is 3.35. The lowest BCUT2D eigenvalue weighted by Gasteiger charge is -2.16. The van der Waals surface area contributed by atoms with Gasteiger partial charge in [-0.15, -0.1) is 0 Å².